The number of nitrogens with one attached hydrogen (secondary N) is 1. The molecular weight excluding hydrogens is 1220 g/mol. The number of carbonyl (C=O) groups excluding carboxylic acids is 1. The Labute approximate surface area is 588 Å². The van der Waals surface area contributed by atoms with E-state index in [1.807, 2.05) is 6.08 Å². The van der Waals surface area contributed by atoms with E-state index in [9.17, 15) is 45.6 Å². The van der Waals surface area contributed by atoms with Gasteiger partial charge in [-0.2, -0.15) is 0 Å². The molecule has 0 aliphatic carbocycles. The third-order valence-electron chi connectivity index (χ3n) is 17.1. The van der Waals surface area contributed by atoms with E-state index < -0.39 is 86.8 Å². The molecule has 2 aliphatic rings. The van der Waals surface area contributed by atoms with Gasteiger partial charge in [0.15, 0.2) is 12.6 Å². The lowest BCUT2D eigenvalue weighted by Crippen LogP contribution is -2.65. The van der Waals surface area contributed by atoms with E-state index in [4.69, 9.17) is 18.9 Å². The smallest absolute Gasteiger partial charge is 0.220 e. The third-order valence-corrected chi connectivity index (χ3v) is 17.1. The van der Waals surface area contributed by atoms with Crippen molar-refractivity contribution in [3.05, 3.63) is 170 Å². The van der Waals surface area contributed by atoms with Gasteiger partial charge < -0.3 is 65.1 Å². The van der Waals surface area contributed by atoms with Crippen LogP contribution in [-0.4, -0.2) is 140 Å². The molecular formula is C83H135NO13. The molecule has 97 heavy (non-hydrogen) atoms. The molecule has 0 spiro atoms. The van der Waals surface area contributed by atoms with Crippen LogP contribution in [0.2, 0.25) is 0 Å². The minimum atomic E-state index is -1.81. The molecule has 2 fully saturated rings. The molecule has 2 saturated heterocycles. The first-order valence-corrected chi connectivity index (χ1v) is 37.9. The molecule has 0 aromatic carbocycles. The fourth-order valence-electron chi connectivity index (χ4n) is 11.2. The molecule has 0 aromatic heterocycles. The highest BCUT2D eigenvalue weighted by atomic mass is 16.7. The van der Waals surface area contributed by atoms with Crippen molar-refractivity contribution >= 4 is 5.91 Å². The molecule has 0 bridgehead atoms. The Morgan fingerprint density at radius 3 is 1.13 bits per heavy atom. The van der Waals surface area contributed by atoms with Crippen molar-refractivity contribution in [1.29, 1.82) is 0 Å². The first-order chi connectivity index (χ1) is 47.6. The zero-order valence-corrected chi connectivity index (χ0v) is 60.0. The van der Waals surface area contributed by atoms with Gasteiger partial charge in [0.1, 0.15) is 48.8 Å². The van der Waals surface area contributed by atoms with Crippen molar-refractivity contribution in [2.24, 2.45) is 0 Å². The van der Waals surface area contributed by atoms with Gasteiger partial charge >= 0.3 is 0 Å². The van der Waals surface area contributed by atoms with E-state index in [1.54, 1.807) is 6.08 Å². The number of aliphatic hydroxyl groups is 8. The summed E-state index contributed by atoms with van der Waals surface area (Å²) in [6.45, 7) is 2.64. The summed E-state index contributed by atoms with van der Waals surface area (Å²) >= 11 is 0. The van der Waals surface area contributed by atoms with E-state index in [0.29, 0.717) is 12.8 Å². The SMILES string of the molecule is CC/C=C\C/C=C\C/C=C\C/C=C\C/C=C\C/C=C\C/C=C\C/C=C\C/C=C\C/C=C\C/C=C\C/C=C\CCCCC(=O)NC(COC1OC(CO)C(OC2OC(CO)C(O)C(O)C2O)C(O)C1O)C(O)/C=C/CC/C=C/CCCCCCCCCCCCCCCCCCCC. The van der Waals surface area contributed by atoms with Crippen LogP contribution in [0.4, 0.5) is 0 Å². The average molecular weight is 1350 g/mol. The zero-order chi connectivity index (χ0) is 70.1. The van der Waals surface area contributed by atoms with Gasteiger partial charge in [0, 0.05) is 6.42 Å². The van der Waals surface area contributed by atoms with Crippen LogP contribution >= 0.6 is 0 Å². The Morgan fingerprint density at radius 2 is 0.722 bits per heavy atom. The number of hydrogen-bond donors (Lipinski definition) is 9. The number of rotatable bonds is 60. The number of hydrogen-bond acceptors (Lipinski definition) is 13. The van der Waals surface area contributed by atoms with Crippen LogP contribution in [0.3, 0.4) is 0 Å². The molecule has 1 amide bonds. The van der Waals surface area contributed by atoms with Crippen molar-refractivity contribution < 1.29 is 64.6 Å². The standard InChI is InChI=1S/C83H135NO13/c1-3-5-7-9-11-13-15-17-19-21-23-25-27-29-30-31-32-33-34-35-36-37-38-39-40-41-42-43-45-47-49-51-53-55-57-59-61-63-65-67-75(88)84-71(70-94-82-80(93)78(91)81(74(69-86)96-82)97-83-79(92)77(90)76(89)73(68-85)95-83)72(87)66-64-62-60-58-56-54-52-50-48-46-44-28-26-24-22-20-18-16-14-12-10-8-6-4-2/h5,7,11,13,17,19,23,25,29-30,32-33,35-36,38-39,41-42,45,47,51,53,56-59,64,66,71-74,76-83,85-87,89-93H,3-4,6,8-10,12,14-16,18,20-22,24,26-28,31,34,37,40,43-44,46,48-50,52,54-55,60-63,65,67-70H2,1-2H3,(H,84,88)/b7-5-,13-11-,19-17-,25-23-,30-29-,33-32-,36-35-,39-38-,42-41-,47-45-,53-51-,58-56+,59-57-,66-64+. The first kappa shape index (κ1) is 88.4. The molecule has 9 N–H and O–H groups in total. The van der Waals surface area contributed by atoms with Crippen LogP contribution in [0.25, 0.3) is 0 Å². The van der Waals surface area contributed by atoms with Crippen LogP contribution in [-0.2, 0) is 23.7 Å². The minimum absolute atomic E-state index is 0.207. The number of ether oxygens (including phenoxy) is 4. The maximum absolute atomic E-state index is 13.3. The maximum atomic E-state index is 13.3. The molecule has 12 unspecified atom stereocenters. The summed E-state index contributed by atoms with van der Waals surface area (Å²) in [4.78, 5) is 13.3. The molecule has 2 aliphatic heterocycles. The molecule has 0 aromatic rings. The fourth-order valence-corrected chi connectivity index (χ4v) is 11.2. The number of amides is 1. The zero-order valence-electron chi connectivity index (χ0n) is 60.0. The van der Waals surface area contributed by atoms with E-state index in [0.717, 1.165) is 103 Å². The van der Waals surface area contributed by atoms with Gasteiger partial charge in [0.2, 0.25) is 5.91 Å². The Hall–Kier alpha value is -4.65. The van der Waals surface area contributed by atoms with E-state index >= 15 is 0 Å². The van der Waals surface area contributed by atoms with Crippen LogP contribution in [0.5, 0.6) is 0 Å². The third kappa shape index (κ3) is 47.9. The molecule has 0 radical (unpaired) electrons. The van der Waals surface area contributed by atoms with Crippen LogP contribution in [0, 0.1) is 0 Å². The van der Waals surface area contributed by atoms with Crippen molar-refractivity contribution in [2.45, 2.75) is 325 Å². The summed E-state index contributed by atoms with van der Waals surface area (Å²) in [5, 5.41) is 87.5. The molecule has 2 heterocycles. The fraction of sp³-hybridized carbons (Fsp3) is 0.651. The Morgan fingerprint density at radius 1 is 0.381 bits per heavy atom. The van der Waals surface area contributed by atoms with Gasteiger partial charge in [-0.3, -0.25) is 4.79 Å². The van der Waals surface area contributed by atoms with E-state index in [2.05, 4.69) is 177 Å². The van der Waals surface area contributed by atoms with E-state index in [1.165, 1.54) is 116 Å². The number of aliphatic hydroxyl groups excluding tert-OH is 8. The summed E-state index contributed by atoms with van der Waals surface area (Å²) in [5.41, 5.74) is 0. The quantitative estimate of drug-likeness (QED) is 0.0204. The molecule has 14 nitrogen and oxygen atoms in total. The lowest BCUT2D eigenvalue weighted by atomic mass is 9.97. The normalized spacial score (nSPS) is 23.2. The largest absolute Gasteiger partial charge is 0.394 e. The van der Waals surface area contributed by atoms with Crippen molar-refractivity contribution in [3.63, 3.8) is 0 Å². The predicted octanol–water partition coefficient (Wildman–Crippen LogP) is 16.7. The second-order valence-corrected chi connectivity index (χ2v) is 25.7. The molecule has 12 atom stereocenters. The summed E-state index contributed by atoms with van der Waals surface area (Å²) in [6, 6.07) is -0.970. The molecule has 0 saturated carbocycles. The molecule has 550 valence electrons. The topological polar surface area (TPSA) is 228 Å². The van der Waals surface area contributed by atoms with Crippen LogP contribution in [0.15, 0.2) is 170 Å². The first-order valence-electron chi connectivity index (χ1n) is 37.9. The van der Waals surface area contributed by atoms with Gasteiger partial charge in [-0.05, 0) is 122 Å². The lowest BCUT2D eigenvalue weighted by Gasteiger charge is -2.46. The highest BCUT2D eigenvalue weighted by Gasteiger charge is 2.51. The minimum Gasteiger partial charge on any atom is -0.394 e. The highest BCUT2D eigenvalue weighted by Crippen LogP contribution is 2.30. The van der Waals surface area contributed by atoms with Crippen molar-refractivity contribution in [1.82, 2.24) is 5.32 Å². The number of allylic oxidation sites excluding steroid dienone is 27. The maximum Gasteiger partial charge on any atom is 0.220 e. The summed E-state index contributed by atoms with van der Waals surface area (Å²) < 4.78 is 22.8. The second kappa shape index (κ2) is 64.7. The van der Waals surface area contributed by atoms with Gasteiger partial charge in [-0.15, -0.1) is 0 Å². The second-order valence-electron chi connectivity index (χ2n) is 25.7. The van der Waals surface area contributed by atoms with Gasteiger partial charge in [0.05, 0.1) is 32.0 Å². The summed E-state index contributed by atoms with van der Waals surface area (Å²) in [7, 11) is 0. The monoisotopic (exact) mass is 1350 g/mol. The number of carbonyl (C=O) groups is 1. The van der Waals surface area contributed by atoms with Crippen LogP contribution < -0.4 is 5.32 Å². The summed E-state index contributed by atoms with van der Waals surface area (Å²) in [6.07, 6.45) is 84.2. The van der Waals surface area contributed by atoms with Gasteiger partial charge in [-0.1, -0.05) is 293 Å². The predicted molar refractivity (Wildman–Crippen MR) is 400 cm³/mol. The molecule has 14 heteroatoms. The molecule has 2 rings (SSSR count). The Kier molecular flexibility index (Phi) is 59.0. The Bertz CT molecular complexity index is 2290. The number of unbranched alkanes of at least 4 members (excludes halogenated alkanes) is 21. The van der Waals surface area contributed by atoms with Crippen molar-refractivity contribution in [2.75, 3.05) is 19.8 Å². The van der Waals surface area contributed by atoms with Crippen LogP contribution in [0.1, 0.15) is 251 Å². The Balaban J connectivity index is 1.70. The van der Waals surface area contributed by atoms with Crippen molar-refractivity contribution in [3.8, 4) is 0 Å². The van der Waals surface area contributed by atoms with Gasteiger partial charge in [0.25, 0.3) is 0 Å². The van der Waals surface area contributed by atoms with Gasteiger partial charge in [-0.25, -0.2) is 0 Å². The average Bonchev–Trinajstić information content (AvgIpc) is 0.794. The summed E-state index contributed by atoms with van der Waals surface area (Å²) in [5.74, 6) is -0.297. The lowest BCUT2D eigenvalue weighted by molar-refractivity contribution is -0.359. The van der Waals surface area contributed by atoms with E-state index in [-0.39, 0.29) is 18.9 Å². The highest BCUT2D eigenvalue weighted by molar-refractivity contribution is 5.76.